The van der Waals surface area contributed by atoms with E-state index in [4.69, 9.17) is 38.2 Å². The van der Waals surface area contributed by atoms with Gasteiger partial charge in [0.25, 0.3) is 5.89 Å². The first-order valence-electron chi connectivity index (χ1n) is 6.23. The maximum atomic E-state index is 6.14. The van der Waals surface area contributed by atoms with Crippen LogP contribution in [0.25, 0.3) is 11.5 Å². The average molecular weight is 314 g/mol. The first-order chi connectivity index (χ1) is 9.51. The fraction of sp³-hybridized carbons (Fsp3) is 0.385. The van der Waals surface area contributed by atoms with E-state index in [2.05, 4.69) is 10.1 Å². The minimum atomic E-state index is -0.512. The molecule has 0 saturated carbocycles. The third-order valence-corrected chi connectivity index (χ3v) is 4.12. The van der Waals surface area contributed by atoms with Crippen LogP contribution in [0.15, 0.2) is 16.7 Å². The number of halogens is 2. The summed E-state index contributed by atoms with van der Waals surface area (Å²) in [6.07, 6.45) is 1.82. The van der Waals surface area contributed by atoms with Crippen LogP contribution < -0.4 is 5.73 Å². The normalized spacial score (nSPS) is 22.4. The van der Waals surface area contributed by atoms with Gasteiger partial charge in [0.05, 0.1) is 21.3 Å². The molecule has 1 aliphatic heterocycles. The Kier molecular flexibility index (Phi) is 3.36. The molecule has 0 amide bonds. The summed E-state index contributed by atoms with van der Waals surface area (Å²) in [5.41, 5.74) is 6.21. The summed E-state index contributed by atoms with van der Waals surface area (Å²) in [5.74, 6) is 0.752. The minimum absolute atomic E-state index is 0.252. The molecule has 0 spiro atoms. The summed E-state index contributed by atoms with van der Waals surface area (Å²) in [5, 5.41) is 4.80. The van der Waals surface area contributed by atoms with E-state index in [1.165, 1.54) is 0 Å². The van der Waals surface area contributed by atoms with Gasteiger partial charge in [0, 0.05) is 6.61 Å². The Morgan fingerprint density at radius 2 is 2.05 bits per heavy atom. The van der Waals surface area contributed by atoms with Crippen LogP contribution in [0.4, 0.5) is 5.69 Å². The molecule has 1 atom stereocenters. The fourth-order valence-corrected chi connectivity index (χ4v) is 2.68. The zero-order valence-corrected chi connectivity index (χ0v) is 12.3. The Balaban J connectivity index is 2.05. The van der Waals surface area contributed by atoms with Crippen LogP contribution in [-0.4, -0.2) is 16.7 Å². The maximum absolute atomic E-state index is 6.14. The van der Waals surface area contributed by atoms with E-state index in [1.807, 2.05) is 6.92 Å². The summed E-state index contributed by atoms with van der Waals surface area (Å²) in [6, 6.07) is 3.27. The van der Waals surface area contributed by atoms with Crippen molar-refractivity contribution < 1.29 is 9.26 Å². The lowest BCUT2D eigenvalue weighted by molar-refractivity contribution is 0.00768. The van der Waals surface area contributed by atoms with Crippen molar-refractivity contribution in [3.05, 3.63) is 28.0 Å². The molecule has 1 saturated heterocycles. The fourth-order valence-electron chi connectivity index (χ4n) is 2.28. The van der Waals surface area contributed by atoms with E-state index in [-0.39, 0.29) is 5.89 Å². The van der Waals surface area contributed by atoms with Crippen molar-refractivity contribution >= 4 is 28.9 Å². The van der Waals surface area contributed by atoms with Gasteiger partial charge in [-0.25, -0.2) is 0 Å². The molecule has 2 heterocycles. The molecule has 5 nitrogen and oxygen atoms in total. The molecule has 3 rings (SSSR count). The van der Waals surface area contributed by atoms with Crippen LogP contribution in [0.5, 0.6) is 0 Å². The molecule has 1 aromatic carbocycles. The van der Waals surface area contributed by atoms with Gasteiger partial charge in [0.2, 0.25) is 5.82 Å². The highest BCUT2D eigenvalue weighted by atomic mass is 35.5. The van der Waals surface area contributed by atoms with Crippen LogP contribution >= 0.6 is 23.2 Å². The van der Waals surface area contributed by atoms with Gasteiger partial charge in [-0.05, 0) is 31.9 Å². The monoisotopic (exact) mass is 313 g/mol. The first kappa shape index (κ1) is 13.7. The molecule has 0 bridgehead atoms. The number of anilines is 1. The Morgan fingerprint density at radius 3 is 2.75 bits per heavy atom. The molecule has 1 aromatic heterocycles. The van der Waals surface area contributed by atoms with Gasteiger partial charge < -0.3 is 15.0 Å². The van der Waals surface area contributed by atoms with Crippen molar-refractivity contribution in [3.63, 3.8) is 0 Å². The Hall–Kier alpha value is -1.30. The molecule has 2 aromatic rings. The van der Waals surface area contributed by atoms with Gasteiger partial charge in [-0.15, -0.1) is 0 Å². The predicted molar refractivity (Wildman–Crippen MR) is 76.7 cm³/mol. The number of aromatic nitrogens is 2. The molecule has 0 aliphatic carbocycles. The van der Waals surface area contributed by atoms with E-state index in [9.17, 15) is 0 Å². The highest BCUT2D eigenvalue weighted by molar-refractivity contribution is 6.37. The summed E-state index contributed by atoms with van der Waals surface area (Å²) in [4.78, 5) is 4.37. The highest BCUT2D eigenvalue weighted by Gasteiger charge is 2.37. The molecule has 1 aliphatic rings. The van der Waals surface area contributed by atoms with Crippen molar-refractivity contribution in [1.82, 2.24) is 10.1 Å². The van der Waals surface area contributed by atoms with Gasteiger partial charge in [-0.1, -0.05) is 28.4 Å². The summed E-state index contributed by atoms with van der Waals surface area (Å²) in [6.45, 7) is 2.64. The predicted octanol–water partition coefficient (Wildman–Crippen LogP) is 3.65. The Morgan fingerprint density at radius 1 is 1.30 bits per heavy atom. The van der Waals surface area contributed by atoms with Gasteiger partial charge >= 0.3 is 0 Å². The third-order valence-electron chi connectivity index (χ3n) is 3.47. The van der Waals surface area contributed by atoms with Gasteiger partial charge in [-0.2, -0.15) is 4.98 Å². The van der Waals surface area contributed by atoms with E-state index < -0.39 is 5.60 Å². The van der Waals surface area contributed by atoms with Crippen LogP contribution in [0.1, 0.15) is 25.6 Å². The number of ether oxygens (including phenoxy) is 1. The quantitative estimate of drug-likeness (QED) is 0.856. The number of hydrogen-bond acceptors (Lipinski definition) is 5. The van der Waals surface area contributed by atoms with Gasteiger partial charge in [-0.3, -0.25) is 0 Å². The SMILES string of the molecule is CC1(c2noc(-c3c(Cl)ccc(Cl)c3N)n2)CCCO1. The minimum Gasteiger partial charge on any atom is -0.397 e. The third kappa shape index (κ3) is 2.16. The lowest BCUT2D eigenvalue weighted by Crippen LogP contribution is -2.21. The zero-order chi connectivity index (χ0) is 14.3. The second-order valence-corrected chi connectivity index (χ2v) is 5.74. The first-order valence-corrected chi connectivity index (χ1v) is 6.99. The number of nitrogens with two attached hydrogens (primary N) is 1. The Labute approximate surface area is 126 Å². The second kappa shape index (κ2) is 4.91. The van der Waals surface area contributed by atoms with Crippen LogP contribution in [-0.2, 0) is 10.3 Å². The van der Waals surface area contributed by atoms with E-state index in [0.29, 0.717) is 33.7 Å². The lowest BCUT2D eigenvalue weighted by atomic mass is 10.0. The molecule has 20 heavy (non-hydrogen) atoms. The van der Waals surface area contributed by atoms with Crippen LogP contribution in [0.3, 0.4) is 0 Å². The number of nitrogens with zero attached hydrogens (tertiary/aromatic N) is 2. The molecule has 7 heteroatoms. The largest absolute Gasteiger partial charge is 0.397 e. The van der Waals surface area contributed by atoms with Crippen LogP contribution in [0, 0.1) is 0 Å². The van der Waals surface area contributed by atoms with Crippen molar-refractivity contribution in [2.75, 3.05) is 12.3 Å². The molecule has 1 fully saturated rings. The standard InChI is InChI=1S/C13H13Cl2N3O2/c1-13(5-2-6-19-13)12-17-11(20-18-12)9-7(14)3-4-8(15)10(9)16/h3-4H,2,5-6,16H2,1H3. The van der Waals surface area contributed by atoms with E-state index in [0.717, 1.165) is 12.8 Å². The molecule has 0 radical (unpaired) electrons. The van der Waals surface area contributed by atoms with Gasteiger partial charge in [0.15, 0.2) is 0 Å². The lowest BCUT2D eigenvalue weighted by Gasteiger charge is -2.17. The number of rotatable bonds is 2. The number of benzene rings is 1. The van der Waals surface area contributed by atoms with Crippen molar-refractivity contribution in [2.24, 2.45) is 0 Å². The maximum Gasteiger partial charge on any atom is 0.261 e. The van der Waals surface area contributed by atoms with Crippen molar-refractivity contribution in [3.8, 4) is 11.5 Å². The summed E-state index contributed by atoms with van der Waals surface area (Å²) >= 11 is 12.1. The van der Waals surface area contributed by atoms with E-state index in [1.54, 1.807) is 12.1 Å². The average Bonchev–Trinajstić information content (AvgIpc) is 3.05. The summed E-state index contributed by atoms with van der Waals surface area (Å²) in [7, 11) is 0. The van der Waals surface area contributed by atoms with E-state index >= 15 is 0 Å². The summed E-state index contributed by atoms with van der Waals surface area (Å²) < 4.78 is 11.0. The molecular weight excluding hydrogens is 301 g/mol. The Bertz CT molecular complexity index is 651. The molecule has 2 N–H and O–H groups in total. The topological polar surface area (TPSA) is 74.2 Å². The van der Waals surface area contributed by atoms with Crippen molar-refractivity contribution in [1.29, 1.82) is 0 Å². The molecule has 106 valence electrons. The van der Waals surface area contributed by atoms with Crippen molar-refractivity contribution in [2.45, 2.75) is 25.4 Å². The smallest absolute Gasteiger partial charge is 0.261 e. The van der Waals surface area contributed by atoms with Crippen LogP contribution in [0.2, 0.25) is 10.0 Å². The second-order valence-electron chi connectivity index (χ2n) is 4.92. The zero-order valence-electron chi connectivity index (χ0n) is 10.8. The number of hydrogen-bond donors (Lipinski definition) is 1. The van der Waals surface area contributed by atoms with Gasteiger partial charge in [0.1, 0.15) is 5.60 Å². The molecular formula is C13H13Cl2N3O2. The number of nitrogen functional groups attached to an aromatic ring is 1. The highest BCUT2D eigenvalue weighted by Crippen LogP contribution is 2.39. The molecule has 1 unspecified atom stereocenters.